The zero-order valence-corrected chi connectivity index (χ0v) is 13.7. The summed E-state index contributed by atoms with van der Waals surface area (Å²) in [6, 6.07) is 5.81. The van der Waals surface area contributed by atoms with Gasteiger partial charge in [0.1, 0.15) is 0 Å². The van der Waals surface area contributed by atoms with Gasteiger partial charge in [-0.25, -0.2) is 0 Å². The van der Waals surface area contributed by atoms with Crippen molar-refractivity contribution in [3.05, 3.63) is 34.4 Å². The van der Waals surface area contributed by atoms with Crippen LogP contribution in [0.2, 0.25) is 0 Å². The summed E-state index contributed by atoms with van der Waals surface area (Å²) >= 11 is 0. The molecule has 2 rings (SSSR count). The summed E-state index contributed by atoms with van der Waals surface area (Å²) in [7, 11) is 0. The molecule has 2 N–H and O–H groups in total. The predicted molar refractivity (Wildman–Crippen MR) is 87.0 cm³/mol. The van der Waals surface area contributed by atoms with Crippen molar-refractivity contribution in [2.45, 2.75) is 59.5 Å². The highest BCUT2D eigenvalue weighted by atomic mass is 15.2. The number of nitrogens with two attached hydrogens (primary N) is 1. The molecule has 1 saturated heterocycles. The van der Waals surface area contributed by atoms with Gasteiger partial charge in [0.2, 0.25) is 0 Å². The molecule has 0 saturated carbocycles. The zero-order valence-electron chi connectivity index (χ0n) is 13.7. The van der Waals surface area contributed by atoms with Gasteiger partial charge in [-0.1, -0.05) is 12.1 Å². The normalized spacial score (nSPS) is 24.4. The Bertz CT molecular complexity index is 465. The predicted octanol–water partition coefficient (Wildman–Crippen LogP) is 3.73. The fourth-order valence-corrected chi connectivity index (χ4v) is 3.66. The van der Waals surface area contributed by atoms with E-state index in [2.05, 4.69) is 51.7 Å². The topological polar surface area (TPSA) is 29.3 Å². The van der Waals surface area contributed by atoms with Crippen molar-refractivity contribution in [3.63, 3.8) is 0 Å². The van der Waals surface area contributed by atoms with Crippen LogP contribution >= 0.6 is 0 Å². The molecule has 1 aromatic carbocycles. The molecule has 0 aromatic heterocycles. The number of hydrogen-bond acceptors (Lipinski definition) is 2. The molecule has 112 valence electrons. The number of hydrogen-bond donors (Lipinski definition) is 1. The fourth-order valence-electron chi connectivity index (χ4n) is 3.66. The van der Waals surface area contributed by atoms with Crippen LogP contribution in [-0.2, 0) is 0 Å². The van der Waals surface area contributed by atoms with Crippen LogP contribution in [0.5, 0.6) is 0 Å². The van der Waals surface area contributed by atoms with Crippen molar-refractivity contribution in [1.29, 1.82) is 0 Å². The Morgan fingerprint density at radius 3 is 2.40 bits per heavy atom. The zero-order chi connectivity index (χ0) is 14.9. The van der Waals surface area contributed by atoms with Gasteiger partial charge in [0.25, 0.3) is 0 Å². The summed E-state index contributed by atoms with van der Waals surface area (Å²) in [5.74, 6) is 0.590. The fraction of sp³-hybridized carbons (Fsp3) is 0.667. The molecule has 0 aliphatic carbocycles. The lowest BCUT2D eigenvalue weighted by Crippen LogP contribution is -2.45. The van der Waals surface area contributed by atoms with E-state index in [1.807, 2.05) is 0 Å². The van der Waals surface area contributed by atoms with Gasteiger partial charge in [-0.2, -0.15) is 0 Å². The van der Waals surface area contributed by atoms with E-state index in [4.69, 9.17) is 5.73 Å². The maximum atomic E-state index is 6.08. The molecule has 2 atom stereocenters. The molecule has 0 spiro atoms. The molecule has 20 heavy (non-hydrogen) atoms. The Balaban J connectivity index is 2.46. The second-order valence-corrected chi connectivity index (χ2v) is 6.71. The molecule has 2 unspecified atom stereocenters. The Morgan fingerprint density at radius 2 is 1.80 bits per heavy atom. The first-order valence-corrected chi connectivity index (χ1v) is 7.99. The monoisotopic (exact) mass is 274 g/mol. The van der Waals surface area contributed by atoms with Crippen LogP contribution in [0.1, 0.15) is 55.0 Å². The number of benzene rings is 1. The third-order valence-electron chi connectivity index (χ3n) is 4.96. The van der Waals surface area contributed by atoms with Crippen LogP contribution in [0.25, 0.3) is 0 Å². The average Bonchev–Trinajstić information content (AvgIpc) is 2.42. The van der Waals surface area contributed by atoms with Crippen molar-refractivity contribution < 1.29 is 0 Å². The van der Waals surface area contributed by atoms with E-state index in [1.165, 1.54) is 41.6 Å². The van der Waals surface area contributed by atoms with Gasteiger partial charge < -0.3 is 5.73 Å². The summed E-state index contributed by atoms with van der Waals surface area (Å²) in [6.07, 6.45) is 2.54. The maximum Gasteiger partial charge on any atom is 0.0393 e. The van der Waals surface area contributed by atoms with Crippen LogP contribution in [-0.4, -0.2) is 24.0 Å². The minimum absolute atomic E-state index is 0.494. The van der Waals surface area contributed by atoms with Crippen LogP contribution < -0.4 is 5.73 Å². The Labute approximate surface area is 124 Å². The molecule has 1 aliphatic heterocycles. The molecule has 1 fully saturated rings. The molecular weight excluding hydrogens is 244 g/mol. The first-order chi connectivity index (χ1) is 9.45. The van der Waals surface area contributed by atoms with E-state index in [-0.39, 0.29) is 0 Å². The highest BCUT2D eigenvalue weighted by Crippen LogP contribution is 2.38. The standard InChI is InChI=1S/C18H30N2/c1-12(2)20-8-6-7-16(11-19)18(20)17-10-14(4)13(3)9-15(17)5/h9-10,12,16,18H,6-8,11,19H2,1-5H3. The highest BCUT2D eigenvalue weighted by molar-refractivity contribution is 5.39. The number of piperidine rings is 1. The maximum absolute atomic E-state index is 6.08. The van der Waals surface area contributed by atoms with Crippen molar-refractivity contribution in [2.24, 2.45) is 11.7 Å². The van der Waals surface area contributed by atoms with Crippen LogP contribution in [0, 0.1) is 26.7 Å². The number of likely N-dealkylation sites (tertiary alicyclic amines) is 1. The number of nitrogens with zero attached hydrogens (tertiary/aromatic N) is 1. The molecule has 0 amide bonds. The molecule has 0 radical (unpaired) electrons. The van der Waals surface area contributed by atoms with Gasteiger partial charge in [0.05, 0.1) is 0 Å². The lowest BCUT2D eigenvalue weighted by molar-refractivity contribution is 0.0661. The van der Waals surface area contributed by atoms with Gasteiger partial charge in [-0.15, -0.1) is 0 Å². The number of aryl methyl sites for hydroxylation is 3. The molecule has 2 nitrogen and oxygen atoms in total. The van der Waals surface area contributed by atoms with E-state index in [9.17, 15) is 0 Å². The third-order valence-corrected chi connectivity index (χ3v) is 4.96. The molecule has 1 aliphatic rings. The summed E-state index contributed by atoms with van der Waals surface area (Å²) in [4.78, 5) is 2.65. The summed E-state index contributed by atoms with van der Waals surface area (Å²) in [5, 5.41) is 0. The van der Waals surface area contributed by atoms with Crippen molar-refractivity contribution in [2.75, 3.05) is 13.1 Å². The van der Waals surface area contributed by atoms with Crippen LogP contribution in [0.4, 0.5) is 0 Å². The Kier molecular flexibility index (Phi) is 4.87. The van der Waals surface area contributed by atoms with Crippen LogP contribution in [0.3, 0.4) is 0 Å². The number of rotatable bonds is 3. The minimum atomic E-state index is 0.494. The largest absolute Gasteiger partial charge is 0.330 e. The van der Waals surface area contributed by atoms with E-state index < -0.39 is 0 Å². The SMILES string of the molecule is Cc1cc(C)c(C2C(CN)CCCN2C(C)C)cc1C. The summed E-state index contributed by atoms with van der Waals surface area (Å²) in [6.45, 7) is 13.3. The lowest BCUT2D eigenvalue weighted by atomic mass is 9.81. The average molecular weight is 274 g/mol. The first-order valence-electron chi connectivity index (χ1n) is 7.99. The van der Waals surface area contributed by atoms with Crippen molar-refractivity contribution in [1.82, 2.24) is 4.90 Å². The highest BCUT2D eigenvalue weighted by Gasteiger charge is 2.34. The second-order valence-electron chi connectivity index (χ2n) is 6.71. The lowest BCUT2D eigenvalue weighted by Gasteiger charge is -2.44. The van der Waals surface area contributed by atoms with E-state index >= 15 is 0 Å². The summed E-state index contributed by atoms with van der Waals surface area (Å²) in [5.41, 5.74) is 11.8. The van der Waals surface area contributed by atoms with Crippen molar-refractivity contribution in [3.8, 4) is 0 Å². The van der Waals surface area contributed by atoms with E-state index in [0.29, 0.717) is 18.0 Å². The van der Waals surface area contributed by atoms with E-state index in [0.717, 1.165) is 6.54 Å². The second kappa shape index (κ2) is 6.28. The van der Waals surface area contributed by atoms with E-state index in [1.54, 1.807) is 0 Å². The van der Waals surface area contributed by atoms with Gasteiger partial charge in [-0.05, 0) is 88.7 Å². The van der Waals surface area contributed by atoms with Gasteiger partial charge >= 0.3 is 0 Å². The molecule has 0 bridgehead atoms. The van der Waals surface area contributed by atoms with Crippen molar-refractivity contribution >= 4 is 0 Å². The summed E-state index contributed by atoms with van der Waals surface area (Å²) < 4.78 is 0. The van der Waals surface area contributed by atoms with Gasteiger partial charge in [-0.3, -0.25) is 4.90 Å². The Hall–Kier alpha value is -0.860. The third kappa shape index (κ3) is 2.91. The quantitative estimate of drug-likeness (QED) is 0.910. The minimum Gasteiger partial charge on any atom is -0.330 e. The molecule has 2 heteroatoms. The smallest absolute Gasteiger partial charge is 0.0393 e. The molecule has 1 heterocycles. The molecule has 1 aromatic rings. The van der Waals surface area contributed by atoms with Gasteiger partial charge in [0, 0.05) is 12.1 Å². The van der Waals surface area contributed by atoms with Crippen LogP contribution in [0.15, 0.2) is 12.1 Å². The molecular formula is C18H30N2. The van der Waals surface area contributed by atoms with Gasteiger partial charge in [0.15, 0.2) is 0 Å². The Morgan fingerprint density at radius 1 is 1.15 bits per heavy atom. The first kappa shape index (κ1) is 15.5.